The van der Waals surface area contributed by atoms with E-state index in [1.54, 1.807) is 6.08 Å². The van der Waals surface area contributed by atoms with Crippen molar-refractivity contribution in [1.29, 1.82) is 0 Å². The van der Waals surface area contributed by atoms with Crippen LogP contribution in [0.1, 0.15) is 19.8 Å². The third-order valence-corrected chi connectivity index (χ3v) is 2.95. The van der Waals surface area contributed by atoms with Gasteiger partial charge in [0.25, 0.3) is 5.91 Å². The van der Waals surface area contributed by atoms with Gasteiger partial charge in [-0.15, -0.1) is 0 Å². The fourth-order valence-corrected chi connectivity index (χ4v) is 1.92. The Balaban J connectivity index is 2.14. The number of hydrogen-bond donors (Lipinski definition) is 1. The number of morpholine rings is 1. The van der Waals surface area contributed by atoms with Crippen LogP contribution in [-0.4, -0.2) is 50.2 Å². The Morgan fingerprint density at radius 1 is 1.44 bits per heavy atom. The lowest BCUT2D eigenvalue weighted by Crippen LogP contribution is -2.38. The molecule has 1 N–H and O–H groups in total. The van der Waals surface area contributed by atoms with Crippen molar-refractivity contribution >= 4 is 5.91 Å². The summed E-state index contributed by atoms with van der Waals surface area (Å²) in [6, 6.07) is 0. The van der Waals surface area contributed by atoms with E-state index < -0.39 is 0 Å². The second-order valence-corrected chi connectivity index (χ2v) is 4.34. The van der Waals surface area contributed by atoms with Crippen LogP contribution in [0.25, 0.3) is 0 Å². The number of nitrogens with zero attached hydrogens (tertiary/aromatic N) is 1. The Kier molecular flexibility index (Phi) is 7.37. The lowest BCUT2D eigenvalue weighted by atomic mass is 10.2. The van der Waals surface area contributed by atoms with Crippen LogP contribution in [0.15, 0.2) is 24.3 Å². The van der Waals surface area contributed by atoms with Crippen molar-refractivity contribution in [1.82, 2.24) is 10.2 Å². The van der Waals surface area contributed by atoms with Gasteiger partial charge in [0.05, 0.1) is 13.2 Å². The molecule has 1 aliphatic heterocycles. The zero-order valence-corrected chi connectivity index (χ0v) is 11.3. The summed E-state index contributed by atoms with van der Waals surface area (Å²) in [5.41, 5.74) is 0.670. The minimum absolute atomic E-state index is 0.0196. The van der Waals surface area contributed by atoms with Crippen molar-refractivity contribution in [2.45, 2.75) is 19.8 Å². The number of rotatable bonds is 7. The summed E-state index contributed by atoms with van der Waals surface area (Å²) in [4.78, 5) is 14.1. The normalized spacial score (nSPS) is 17.5. The Morgan fingerprint density at radius 3 is 2.78 bits per heavy atom. The molecule has 0 aromatic carbocycles. The molecule has 1 fully saturated rings. The molecule has 1 saturated heterocycles. The van der Waals surface area contributed by atoms with Gasteiger partial charge in [0.1, 0.15) is 0 Å². The van der Waals surface area contributed by atoms with Gasteiger partial charge in [-0.3, -0.25) is 9.69 Å². The summed E-state index contributed by atoms with van der Waals surface area (Å²) in [5.74, 6) is -0.0196. The predicted molar refractivity (Wildman–Crippen MR) is 73.5 cm³/mol. The average molecular weight is 252 g/mol. The van der Waals surface area contributed by atoms with Gasteiger partial charge in [-0.05, 0) is 19.4 Å². The van der Waals surface area contributed by atoms with Crippen LogP contribution in [0.5, 0.6) is 0 Å². The molecule has 1 rings (SSSR count). The maximum absolute atomic E-state index is 11.7. The highest BCUT2D eigenvalue weighted by Gasteiger charge is 2.09. The molecule has 0 unspecified atom stereocenters. The summed E-state index contributed by atoms with van der Waals surface area (Å²) in [7, 11) is 0. The molecule has 0 bridgehead atoms. The van der Waals surface area contributed by atoms with Gasteiger partial charge >= 0.3 is 0 Å². The molecule has 0 aromatic heterocycles. The number of nitrogens with one attached hydrogen (secondary N) is 1. The first-order valence-electron chi connectivity index (χ1n) is 6.68. The Bertz CT molecular complexity index is 294. The van der Waals surface area contributed by atoms with Crippen LogP contribution in [-0.2, 0) is 9.53 Å². The molecule has 18 heavy (non-hydrogen) atoms. The maximum Gasteiger partial charge on any atom is 0.250 e. The van der Waals surface area contributed by atoms with Crippen molar-refractivity contribution in [3.8, 4) is 0 Å². The van der Waals surface area contributed by atoms with Crippen molar-refractivity contribution in [3.05, 3.63) is 24.3 Å². The third-order valence-electron chi connectivity index (χ3n) is 2.95. The topological polar surface area (TPSA) is 41.6 Å². The number of carbonyl (C=O) groups is 1. The van der Waals surface area contributed by atoms with Crippen LogP contribution in [0.2, 0.25) is 0 Å². The zero-order chi connectivity index (χ0) is 13.2. The van der Waals surface area contributed by atoms with Crippen molar-refractivity contribution in [3.63, 3.8) is 0 Å². The first-order chi connectivity index (χ1) is 8.77. The van der Waals surface area contributed by atoms with E-state index in [4.69, 9.17) is 4.74 Å². The molecule has 0 aliphatic carbocycles. The molecule has 0 saturated carbocycles. The van der Waals surface area contributed by atoms with E-state index in [1.807, 2.05) is 13.0 Å². The Hall–Kier alpha value is -1.13. The van der Waals surface area contributed by atoms with E-state index >= 15 is 0 Å². The molecule has 4 nitrogen and oxygen atoms in total. The molecule has 1 aliphatic rings. The molecule has 102 valence electrons. The van der Waals surface area contributed by atoms with Crippen LogP contribution in [0, 0.1) is 0 Å². The molecule has 1 amide bonds. The number of carbonyl (C=O) groups excluding carboxylic acids is 1. The van der Waals surface area contributed by atoms with Crippen LogP contribution in [0.3, 0.4) is 0 Å². The zero-order valence-electron chi connectivity index (χ0n) is 11.3. The first kappa shape index (κ1) is 14.9. The molecule has 0 aromatic rings. The summed E-state index contributed by atoms with van der Waals surface area (Å²) >= 11 is 0. The van der Waals surface area contributed by atoms with E-state index in [-0.39, 0.29) is 5.91 Å². The summed E-state index contributed by atoms with van der Waals surface area (Å²) in [5, 5.41) is 2.92. The van der Waals surface area contributed by atoms with Gasteiger partial charge in [-0.2, -0.15) is 0 Å². The second kappa shape index (κ2) is 8.89. The predicted octanol–water partition coefficient (Wildman–Crippen LogP) is 1.35. The smallest absolute Gasteiger partial charge is 0.250 e. The standard InChI is InChI=1S/C14H24N2O2/c1-3-6-13(4-2)14(17)15-7-5-8-16-9-11-18-12-10-16/h4,6H,2-3,5,7-12H2,1H3,(H,15,17). The summed E-state index contributed by atoms with van der Waals surface area (Å²) in [6.07, 6.45) is 5.33. The molecule has 0 atom stereocenters. The minimum Gasteiger partial charge on any atom is -0.379 e. The highest BCUT2D eigenvalue weighted by Crippen LogP contribution is 1.99. The molecule has 0 spiro atoms. The van der Waals surface area contributed by atoms with Gasteiger partial charge in [0, 0.05) is 25.2 Å². The largest absolute Gasteiger partial charge is 0.379 e. The molecular weight excluding hydrogens is 228 g/mol. The Morgan fingerprint density at radius 2 is 2.17 bits per heavy atom. The van der Waals surface area contributed by atoms with E-state index in [9.17, 15) is 4.79 Å². The van der Waals surface area contributed by atoms with Crippen molar-refractivity contribution in [2.75, 3.05) is 39.4 Å². The van der Waals surface area contributed by atoms with Gasteiger partial charge in [0.15, 0.2) is 0 Å². The molecule has 0 radical (unpaired) electrons. The monoisotopic (exact) mass is 252 g/mol. The SMILES string of the molecule is C=CC(=CCC)C(=O)NCCCN1CCOCC1. The van der Waals surface area contributed by atoms with E-state index in [0.29, 0.717) is 12.1 Å². The van der Waals surface area contributed by atoms with Crippen LogP contribution in [0.4, 0.5) is 0 Å². The number of amides is 1. The Labute approximate surface area is 110 Å². The van der Waals surface area contributed by atoms with Crippen molar-refractivity contribution in [2.24, 2.45) is 0 Å². The van der Waals surface area contributed by atoms with E-state index in [0.717, 1.165) is 45.7 Å². The second-order valence-electron chi connectivity index (χ2n) is 4.34. The number of allylic oxidation sites excluding steroid dienone is 1. The van der Waals surface area contributed by atoms with Crippen LogP contribution < -0.4 is 5.32 Å². The van der Waals surface area contributed by atoms with Gasteiger partial charge in [-0.25, -0.2) is 0 Å². The number of ether oxygens (including phenoxy) is 1. The highest BCUT2D eigenvalue weighted by molar-refractivity contribution is 5.95. The number of hydrogen-bond acceptors (Lipinski definition) is 3. The minimum atomic E-state index is -0.0196. The molecule has 1 heterocycles. The quantitative estimate of drug-likeness (QED) is 0.422. The summed E-state index contributed by atoms with van der Waals surface area (Å²) < 4.78 is 5.29. The van der Waals surface area contributed by atoms with Crippen LogP contribution >= 0.6 is 0 Å². The van der Waals surface area contributed by atoms with E-state index in [2.05, 4.69) is 16.8 Å². The fraction of sp³-hybridized carbons (Fsp3) is 0.643. The van der Waals surface area contributed by atoms with Gasteiger partial charge in [-0.1, -0.05) is 25.7 Å². The lowest BCUT2D eigenvalue weighted by molar-refractivity contribution is -0.117. The van der Waals surface area contributed by atoms with Gasteiger partial charge in [0.2, 0.25) is 0 Å². The highest BCUT2D eigenvalue weighted by atomic mass is 16.5. The lowest BCUT2D eigenvalue weighted by Gasteiger charge is -2.26. The maximum atomic E-state index is 11.7. The first-order valence-corrected chi connectivity index (χ1v) is 6.68. The van der Waals surface area contributed by atoms with Gasteiger partial charge < -0.3 is 10.1 Å². The molecule has 4 heteroatoms. The fourth-order valence-electron chi connectivity index (χ4n) is 1.92. The summed E-state index contributed by atoms with van der Waals surface area (Å²) in [6.45, 7) is 11.0. The molecular formula is C14H24N2O2. The van der Waals surface area contributed by atoms with E-state index in [1.165, 1.54) is 0 Å². The van der Waals surface area contributed by atoms with Crippen molar-refractivity contribution < 1.29 is 9.53 Å². The average Bonchev–Trinajstić information content (AvgIpc) is 2.42. The third kappa shape index (κ3) is 5.47.